The molecule has 2 rings (SSSR count). The molecule has 0 aromatic carbocycles. The largest absolute Gasteiger partial charge is 0.378 e. The summed E-state index contributed by atoms with van der Waals surface area (Å²) in [5, 5.41) is 11.7. The SMILES string of the molecule is N#Cc1cnc(NCCC2CCCO2)cn1. The van der Waals surface area contributed by atoms with Crippen molar-refractivity contribution in [3.8, 4) is 6.07 Å². The topological polar surface area (TPSA) is 70.8 Å². The highest BCUT2D eigenvalue weighted by Gasteiger charge is 2.14. The zero-order chi connectivity index (χ0) is 11.2. The Kier molecular flexibility index (Phi) is 3.67. The number of hydrogen-bond acceptors (Lipinski definition) is 5. The van der Waals surface area contributed by atoms with Crippen molar-refractivity contribution in [3.05, 3.63) is 18.1 Å². The molecule has 0 bridgehead atoms. The molecule has 1 unspecified atom stereocenters. The molecule has 84 valence electrons. The minimum atomic E-state index is 0.338. The van der Waals surface area contributed by atoms with E-state index in [9.17, 15) is 0 Å². The fourth-order valence-electron chi connectivity index (χ4n) is 1.71. The van der Waals surface area contributed by atoms with Crippen molar-refractivity contribution in [2.45, 2.75) is 25.4 Å². The second kappa shape index (κ2) is 5.42. The average molecular weight is 218 g/mol. The smallest absolute Gasteiger partial charge is 0.158 e. The lowest BCUT2D eigenvalue weighted by atomic mass is 10.2. The Morgan fingerprint density at radius 3 is 3.06 bits per heavy atom. The number of nitrogens with one attached hydrogen (secondary N) is 1. The van der Waals surface area contributed by atoms with Crippen LogP contribution < -0.4 is 5.32 Å². The van der Waals surface area contributed by atoms with E-state index in [0.29, 0.717) is 17.6 Å². The predicted octanol–water partition coefficient (Wildman–Crippen LogP) is 1.33. The molecular formula is C11H14N4O. The standard InChI is InChI=1S/C11H14N4O/c12-6-9-7-15-11(8-14-9)13-4-3-10-2-1-5-16-10/h7-8,10H,1-5H2,(H,13,15). The van der Waals surface area contributed by atoms with Crippen molar-refractivity contribution >= 4 is 5.82 Å². The Morgan fingerprint density at radius 1 is 1.50 bits per heavy atom. The van der Waals surface area contributed by atoms with Crippen molar-refractivity contribution in [3.63, 3.8) is 0 Å². The molecule has 0 aliphatic carbocycles. The van der Waals surface area contributed by atoms with E-state index in [1.165, 1.54) is 12.6 Å². The van der Waals surface area contributed by atoms with Crippen LogP contribution in [0.1, 0.15) is 25.0 Å². The Balaban J connectivity index is 1.74. The quantitative estimate of drug-likeness (QED) is 0.825. The molecule has 1 aromatic rings. The number of anilines is 1. The van der Waals surface area contributed by atoms with E-state index in [2.05, 4.69) is 15.3 Å². The van der Waals surface area contributed by atoms with E-state index in [1.807, 2.05) is 6.07 Å². The molecule has 16 heavy (non-hydrogen) atoms. The van der Waals surface area contributed by atoms with Gasteiger partial charge in [0.2, 0.25) is 0 Å². The fourth-order valence-corrected chi connectivity index (χ4v) is 1.71. The first-order valence-electron chi connectivity index (χ1n) is 5.46. The van der Waals surface area contributed by atoms with E-state index in [-0.39, 0.29) is 0 Å². The van der Waals surface area contributed by atoms with Gasteiger partial charge < -0.3 is 10.1 Å². The summed E-state index contributed by atoms with van der Waals surface area (Å²) in [6.45, 7) is 1.71. The van der Waals surface area contributed by atoms with E-state index in [4.69, 9.17) is 10.00 Å². The van der Waals surface area contributed by atoms with Gasteiger partial charge in [-0.05, 0) is 19.3 Å². The molecule has 2 heterocycles. The first-order valence-corrected chi connectivity index (χ1v) is 5.46. The number of rotatable bonds is 4. The van der Waals surface area contributed by atoms with Crippen molar-refractivity contribution in [1.29, 1.82) is 5.26 Å². The van der Waals surface area contributed by atoms with Crippen LogP contribution in [0.25, 0.3) is 0 Å². The monoisotopic (exact) mass is 218 g/mol. The molecule has 1 N–H and O–H groups in total. The summed E-state index contributed by atoms with van der Waals surface area (Å²) in [6, 6.07) is 1.93. The normalized spacial score (nSPS) is 19.3. The maximum Gasteiger partial charge on any atom is 0.158 e. The fraction of sp³-hybridized carbons (Fsp3) is 0.545. The molecule has 0 radical (unpaired) electrons. The van der Waals surface area contributed by atoms with E-state index < -0.39 is 0 Å². The number of aromatic nitrogens is 2. The summed E-state index contributed by atoms with van der Waals surface area (Å²) in [5.41, 5.74) is 0.338. The maximum atomic E-state index is 8.56. The lowest BCUT2D eigenvalue weighted by Gasteiger charge is -2.09. The van der Waals surface area contributed by atoms with Gasteiger partial charge in [-0.15, -0.1) is 0 Å². The summed E-state index contributed by atoms with van der Waals surface area (Å²) in [4.78, 5) is 8.01. The number of nitrogens with zero attached hydrogens (tertiary/aromatic N) is 3. The summed E-state index contributed by atoms with van der Waals surface area (Å²) in [6.07, 6.45) is 6.74. The summed E-state index contributed by atoms with van der Waals surface area (Å²) in [5.74, 6) is 0.706. The van der Waals surface area contributed by atoms with Gasteiger partial charge in [0, 0.05) is 13.2 Å². The maximum absolute atomic E-state index is 8.56. The van der Waals surface area contributed by atoms with Crippen molar-refractivity contribution < 1.29 is 4.74 Å². The lowest BCUT2D eigenvalue weighted by Crippen LogP contribution is -2.13. The highest BCUT2D eigenvalue weighted by molar-refractivity contribution is 5.32. The Hall–Kier alpha value is -1.67. The average Bonchev–Trinajstić information content (AvgIpc) is 2.83. The number of ether oxygens (including phenoxy) is 1. The first-order chi connectivity index (χ1) is 7.88. The van der Waals surface area contributed by atoms with Gasteiger partial charge >= 0.3 is 0 Å². The van der Waals surface area contributed by atoms with Crippen LogP contribution in [0.15, 0.2) is 12.4 Å². The van der Waals surface area contributed by atoms with Gasteiger partial charge in [0.05, 0.1) is 18.5 Å². The molecule has 5 heteroatoms. The molecule has 1 aliphatic heterocycles. The van der Waals surface area contributed by atoms with Gasteiger partial charge in [0.25, 0.3) is 0 Å². The zero-order valence-corrected chi connectivity index (χ0v) is 9.02. The Labute approximate surface area is 94.5 Å². The zero-order valence-electron chi connectivity index (χ0n) is 9.02. The Morgan fingerprint density at radius 2 is 2.44 bits per heavy atom. The molecular weight excluding hydrogens is 204 g/mol. The van der Waals surface area contributed by atoms with Gasteiger partial charge in [0.15, 0.2) is 5.69 Å². The first kappa shape index (κ1) is 10.8. The summed E-state index contributed by atoms with van der Waals surface area (Å²) < 4.78 is 5.51. The van der Waals surface area contributed by atoms with Gasteiger partial charge in [-0.25, -0.2) is 9.97 Å². The molecule has 1 aliphatic rings. The molecule has 1 atom stereocenters. The lowest BCUT2D eigenvalue weighted by molar-refractivity contribution is 0.107. The van der Waals surface area contributed by atoms with E-state index in [0.717, 1.165) is 26.0 Å². The van der Waals surface area contributed by atoms with Crippen LogP contribution in [0.4, 0.5) is 5.82 Å². The van der Waals surface area contributed by atoms with Crippen LogP contribution in [0.2, 0.25) is 0 Å². The van der Waals surface area contributed by atoms with Gasteiger partial charge in [-0.2, -0.15) is 5.26 Å². The summed E-state index contributed by atoms with van der Waals surface area (Å²) in [7, 11) is 0. The third kappa shape index (κ3) is 2.91. The van der Waals surface area contributed by atoms with Crippen LogP contribution in [0.5, 0.6) is 0 Å². The minimum Gasteiger partial charge on any atom is -0.378 e. The molecule has 1 saturated heterocycles. The third-order valence-corrected chi connectivity index (χ3v) is 2.56. The van der Waals surface area contributed by atoms with Gasteiger partial charge in [0.1, 0.15) is 11.9 Å². The number of nitriles is 1. The second-order valence-corrected chi connectivity index (χ2v) is 3.75. The van der Waals surface area contributed by atoms with E-state index in [1.54, 1.807) is 6.20 Å². The van der Waals surface area contributed by atoms with Crippen molar-refractivity contribution in [2.24, 2.45) is 0 Å². The predicted molar refractivity (Wildman–Crippen MR) is 58.8 cm³/mol. The van der Waals surface area contributed by atoms with Crippen LogP contribution in [0, 0.1) is 11.3 Å². The molecule has 5 nitrogen and oxygen atoms in total. The molecule has 0 spiro atoms. The Bertz CT molecular complexity index is 365. The summed E-state index contributed by atoms with van der Waals surface area (Å²) >= 11 is 0. The van der Waals surface area contributed by atoms with Crippen LogP contribution in [-0.4, -0.2) is 29.2 Å². The van der Waals surface area contributed by atoms with Crippen molar-refractivity contribution in [1.82, 2.24) is 9.97 Å². The molecule has 0 amide bonds. The van der Waals surface area contributed by atoms with Crippen LogP contribution in [0.3, 0.4) is 0 Å². The highest BCUT2D eigenvalue weighted by atomic mass is 16.5. The molecule has 1 fully saturated rings. The van der Waals surface area contributed by atoms with Gasteiger partial charge in [-0.1, -0.05) is 0 Å². The van der Waals surface area contributed by atoms with E-state index >= 15 is 0 Å². The number of hydrogen-bond donors (Lipinski definition) is 1. The minimum absolute atomic E-state index is 0.338. The van der Waals surface area contributed by atoms with Crippen LogP contribution >= 0.6 is 0 Å². The molecule has 0 saturated carbocycles. The third-order valence-electron chi connectivity index (χ3n) is 2.56. The van der Waals surface area contributed by atoms with Crippen molar-refractivity contribution in [2.75, 3.05) is 18.5 Å². The van der Waals surface area contributed by atoms with Gasteiger partial charge in [-0.3, -0.25) is 0 Å². The highest BCUT2D eigenvalue weighted by Crippen LogP contribution is 2.15. The van der Waals surface area contributed by atoms with Crippen LogP contribution in [-0.2, 0) is 4.74 Å². The second-order valence-electron chi connectivity index (χ2n) is 3.75. The molecule has 1 aromatic heterocycles.